The second-order valence-corrected chi connectivity index (χ2v) is 6.80. The molecule has 0 heterocycles. The number of hydrogen-bond donors (Lipinski definition) is 2. The van der Waals surface area contributed by atoms with Gasteiger partial charge >= 0.3 is 0 Å². The third-order valence-corrected chi connectivity index (χ3v) is 3.89. The summed E-state index contributed by atoms with van der Waals surface area (Å²) in [5.74, 6) is -0.246. The molecule has 2 atom stereocenters. The molecule has 2 N–H and O–H groups in total. The van der Waals surface area contributed by atoms with Crippen molar-refractivity contribution in [3.8, 4) is 0 Å². The first kappa shape index (κ1) is 20.9. The Morgan fingerprint density at radius 2 is 1.80 bits per heavy atom. The van der Waals surface area contributed by atoms with Gasteiger partial charge in [0, 0.05) is 12.8 Å². The van der Waals surface area contributed by atoms with Crippen molar-refractivity contribution in [1.29, 1.82) is 0 Å². The van der Waals surface area contributed by atoms with Crippen LogP contribution in [-0.4, -0.2) is 30.2 Å². The van der Waals surface area contributed by atoms with Gasteiger partial charge in [0.2, 0.25) is 11.8 Å². The molecule has 2 unspecified atom stereocenters. The minimum atomic E-state index is -0.683. The summed E-state index contributed by atoms with van der Waals surface area (Å²) in [6.45, 7) is 5.95. The molecule has 0 aromatic heterocycles. The fourth-order valence-corrected chi connectivity index (χ4v) is 2.56. The van der Waals surface area contributed by atoms with E-state index in [1.54, 1.807) is 0 Å². The van der Waals surface area contributed by atoms with Crippen molar-refractivity contribution in [2.75, 3.05) is 0 Å². The van der Waals surface area contributed by atoms with Crippen molar-refractivity contribution < 1.29 is 14.4 Å². The zero-order chi connectivity index (χ0) is 18.7. The number of hydrogen-bond acceptors (Lipinski definition) is 3. The highest BCUT2D eigenvalue weighted by molar-refractivity contribution is 5.89. The largest absolute Gasteiger partial charge is 0.345 e. The number of aldehydes is 1. The van der Waals surface area contributed by atoms with Crippen LogP contribution >= 0.6 is 0 Å². The Morgan fingerprint density at radius 3 is 2.36 bits per heavy atom. The summed E-state index contributed by atoms with van der Waals surface area (Å²) >= 11 is 0. The molecular weight excluding hydrogens is 316 g/mol. The zero-order valence-corrected chi connectivity index (χ0v) is 15.5. The van der Waals surface area contributed by atoms with Crippen LogP contribution in [0.3, 0.4) is 0 Å². The number of nitrogens with one attached hydrogen (secondary N) is 2. The van der Waals surface area contributed by atoms with Crippen LogP contribution in [-0.2, 0) is 20.8 Å². The smallest absolute Gasteiger partial charge is 0.243 e. The van der Waals surface area contributed by atoms with Gasteiger partial charge in [-0.3, -0.25) is 9.59 Å². The number of rotatable bonds is 11. The van der Waals surface area contributed by atoms with E-state index in [1.165, 1.54) is 0 Å². The van der Waals surface area contributed by atoms with Gasteiger partial charge in [0.15, 0.2) is 0 Å². The van der Waals surface area contributed by atoms with Crippen molar-refractivity contribution in [3.63, 3.8) is 0 Å². The third-order valence-electron chi connectivity index (χ3n) is 3.89. The fourth-order valence-electron chi connectivity index (χ4n) is 2.56. The van der Waals surface area contributed by atoms with Gasteiger partial charge < -0.3 is 15.4 Å². The normalized spacial score (nSPS) is 13.1. The molecule has 138 valence electrons. The quantitative estimate of drug-likeness (QED) is 0.605. The highest BCUT2D eigenvalue weighted by Gasteiger charge is 2.23. The Morgan fingerprint density at radius 1 is 1.12 bits per heavy atom. The van der Waals surface area contributed by atoms with Crippen LogP contribution in [0.4, 0.5) is 0 Å². The molecule has 0 spiro atoms. The van der Waals surface area contributed by atoms with Crippen molar-refractivity contribution in [1.82, 2.24) is 10.6 Å². The Labute approximate surface area is 150 Å². The Kier molecular flexibility index (Phi) is 9.51. The maximum absolute atomic E-state index is 12.6. The summed E-state index contributed by atoms with van der Waals surface area (Å²) in [7, 11) is 0. The molecule has 0 saturated carbocycles. The number of carbonyl (C=O) groups excluding carboxylic acids is 3. The lowest BCUT2D eigenvalue weighted by Crippen LogP contribution is -2.51. The van der Waals surface area contributed by atoms with Crippen LogP contribution in [0.2, 0.25) is 0 Å². The van der Waals surface area contributed by atoms with Gasteiger partial charge in [0.1, 0.15) is 12.3 Å². The molecule has 5 nitrogen and oxygen atoms in total. The topological polar surface area (TPSA) is 75.3 Å². The Balaban J connectivity index is 2.78. The summed E-state index contributed by atoms with van der Waals surface area (Å²) in [6.07, 6.45) is 3.97. The first-order valence-electron chi connectivity index (χ1n) is 9.05. The number of carbonyl (C=O) groups is 3. The molecule has 0 bridgehead atoms. The second-order valence-electron chi connectivity index (χ2n) is 6.80. The van der Waals surface area contributed by atoms with E-state index in [2.05, 4.69) is 10.6 Å². The van der Waals surface area contributed by atoms with Crippen LogP contribution in [0.25, 0.3) is 0 Å². The summed E-state index contributed by atoms with van der Waals surface area (Å²) in [5, 5.41) is 5.57. The van der Waals surface area contributed by atoms with Gasteiger partial charge in [-0.05, 0) is 17.9 Å². The van der Waals surface area contributed by atoms with E-state index in [0.29, 0.717) is 19.3 Å². The van der Waals surface area contributed by atoms with E-state index >= 15 is 0 Å². The minimum absolute atomic E-state index is 0.151. The lowest BCUT2D eigenvalue weighted by molar-refractivity contribution is -0.130. The molecule has 5 heteroatoms. The molecule has 25 heavy (non-hydrogen) atoms. The van der Waals surface area contributed by atoms with Crippen LogP contribution in [0.5, 0.6) is 0 Å². The first-order valence-corrected chi connectivity index (χ1v) is 9.05. The molecule has 1 rings (SSSR count). The van der Waals surface area contributed by atoms with Crippen LogP contribution in [0.1, 0.15) is 52.0 Å². The van der Waals surface area contributed by atoms with E-state index in [4.69, 9.17) is 0 Å². The van der Waals surface area contributed by atoms with E-state index < -0.39 is 12.1 Å². The average molecular weight is 346 g/mol. The molecule has 0 fully saturated rings. The molecule has 0 aliphatic rings. The summed E-state index contributed by atoms with van der Waals surface area (Å²) in [6, 6.07) is 8.35. The molecule has 0 aliphatic heterocycles. The predicted molar refractivity (Wildman–Crippen MR) is 99.1 cm³/mol. The fraction of sp³-hybridized carbons (Fsp3) is 0.550. The van der Waals surface area contributed by atoms with Gasteiger partial charge in [-0.25, -0.2) is 0 Å². The Bertz CT molecular complexity index is 543. The van der Waals surface area contributed by atoms with Gasteiger partial charge in [-0.15, -0.1) is 0 Å². The highest BCUT2D eigenvalue weighted by Crippen LogP contribution is 2.07. The van der Waals surface area contributed by atoms with Crippen molar-refractivity contribution in [2.45, 2.75) is 65.0 Å². The van der Waals surface area contributed by atoms with Crippen molar-refractivity contribution >= 4 is 18.1 Å². The number of benzene rings is 1. The lowest BCUT2D eigenvalue weighted by Gasteiger charge is -2.21. The van der Waals surface area contributed by atoms with Crippen LogP contribution in [0.15, 0.2) is 30.3 Å². The molecule has 0 radical (unpaired) electrons. The molecule has 2 amide bonds. The standard InChI is InChI=1S/C20H30N2O3/c1-4-5-11-17(14-23)21-20(25)18(22-19(24)12-15(2)3)13-16-9-7-6-8-10-16/h6-10,14-15,17-18H,4-5,11-13H2,1-3H3,(H,21,25)(H,22,24). The monoisotopic (exact) mass is 346 g/mol. The predicted octanol–water partition coefficient (Wildman–Crippen LogP) is 2.63. The number of unbranched alkanes of at least 4 members (excludes halogenated alkanes) is 1. The van der Waals surface area contributed by atoms with Crippen molar-refractivity contribution in [2.24, 2.45) is 5.92 Å². The van der Waals surface area contributed by atoms with E-state index in [0.717, 1.165) is 24.7 Å². The molecule has 1 aromatic carbocycles. The van der Waals surface area contributed by atoms with E-state index in [1.807, 2.05) is 51.1 Å². The molecule has 1 aromatic rings. The van der Waals surface area contributed by atoms with E-state index in [9.17, 15) is 14.4 Å². The summed E-state index contributed by atoms with van der Waals surface area (Å²) in [5.41, 5.74) is 0.962. The van der Waals surface area contributed by atoms with Gasteiger partial charge in [0.05, 0.1) is 6.04 Å². The van der Waals surface area contributed by atoms with Gasteiger partial charge in [-0.2, -0.15) is 0 Å². The van der Waals surface area contributed by atoms with Crippen LogP contribution in [0, 0.1) is 5.92 Å². The van der Waals surface area contributed by atoms with Crippen molar-refractivity contribution in [3.05, 3.63) is 35.9 Å². The second kappa shape index (κ2) is 11.4. The van der Waals surface area contributed by atoms with E-state index in [-0.39, 0.29) is 17.7 Å². The zero-order valence-electron chi connectivity index (χ0n) is 15.5. The maximum Gasteiger partial charge on any atom is 0.243 e. The highest BCUT2D eigenvalue weighted by atomic mass is 16.2. The summed E-state index contributed by atoms with van der Waals surface area (Å²) < 4.78 is 0. The van der Waals surface area contributed by atoms with Crippen LogP contribution < -0.4 is 10.6 Å². The minimum Gasteiger partial charge on any atom is -0.345 e. The molecule has 0 saturated heterocycles. The average Bonchev–Trinajstić information content (AvgIpc) is 2.58. The molecule has 0 aliphatic carbocycles. The molecular formula is C20H30N2O3. The maximum atomic E-state index is 12.6. The summed E-state index contributed by atoms with van der Waals surface area (Å²) in [4.78, 5) is 35.9. The Hall–Kier alpha value is -2.17. The number of amides is 2. The first-order chi connectivity index (χ1) is 12.0. The van der Waals surface area contributed by atoms with Gasteiger partial charge in [0.25, 0.3) is 0 Å². The third kappa shape index (κ3) is 8.47. The lowest BCUT2D eigenvalue weighted by atomic mass is 10.0. The van der Waals surface area contributed by atoms with Gasteiger partial charge in [-0.1, -0.05) is 63.9 Å². The SMILES string of the molecule is CCCCC(C=O)NC(=O)C(Cc1ccccc1)NC(=O)CC(C)C.